The molecule has 143 valence electrons. The van der Waals surface area contributed by atoms with Crippen LogP contribution in [0.2, 0.25) is 0 Å². The van der Waals surface area contributed by atoms with Crippen molar-refractivity contribution in [1.82, 2.24) is 0 Å². The molecule has 26 heavy (non-hydrogen) atoms. The van der Waals surface area contributed by atoms with Gasteiger partial charge in [-0.2, -0.15) is 6.04 Å². The van der Waals surface area contributed by atoms with E-state index < -0.39 is 10.0 Å². The Balaban J connectivity index is 0.000000353. The number of hydrogen-bond acceptors (Lipinski definition) is 2. The van der Waals surface area contributed by atoms with Gasteiger partial charge in [-0.3, -0.25) is 0 Å². The quantitative estimate of drug-likeness (QED) is 0.521. The molecule has 2 atom stereocenters. The molecule has 3 rings (SSSR count). The first-order chi connectivity index (χ1) is 12.5. The van der Waals surface area contributed by atoms with Gasteiger partial charge in [0.05, 0.1) is 0 Å². The third-order valence-electron chi connectivity index (χ3n) is 3.99. The number of nitrogens with one attached hydrogen (secondary N) is 1. The van der Waals surface area contributed by atoms with E-state index in [9.17, 15) is 8.42 Å². The maximum absolute atomic E-state index is 12.1. The molecule has 0 heterocycles. The van der Waals surface area contributed by atoms with E-state index in [4.69, 9.17) is 5.73 Å². The van der Waals surface area contributed by atoms with Gasteiger partial charge in [-0.25, -0.2) is 8.42 Å². The zero-order chi connectivity index (χ0) is 19.4. The summed E-state index contributed by atoms with van der Waals surface area (Å²) in [5.74, 6) is 0. The molecule has 1 aliphatic carbocycles. The van der Waals surface area contributed by atoms with E-state index in [0.717, 1.165) is 24.8 Å². The van der Waals surface area contributed by atoms with E-state index >= 15 is 0 Å². The summed E-state index contributed by atoms with van der Waals surface area (Å²) < 4.78 is 28.1. The molecule has 1 aliphatic rings. The summed E-state index contributed by atoms with van der Waals surface area (Å²) in [5, 5.41) is 0. The molecule has 0 bridgehead atoms. The van der Waals surface area contributed by atoms with Crippen LogP contribution in [0.15, 0.2) is 65.6 Å². The van der Waals surface area contributed by atoms with Crippen molar-refractivity contribution in [1.29, 1.82) is 0 Å². The Bertz CT molecular complexity index is 685. The van der Waals surface area contributed by atoms with Crippen molar-refractivity contribution < 1.29 is 25.7 Å². The van der Waals surface area contributed by atoms with Crippen LogP contribution in [0.5, 0.6) is 0 Å². The Morgan fingerprint density at radius 2 is 1.42 bits per heavy atom. The van der Waals surface area contributed by atoms with Gasteiger partial charge in [-0.1, -0.05) is 79.8 Å². The minimum absolute atomic E-state index is 0.228. The number of sulfonamides is 1. The van der Waals surface area contributed by atoms with Crippen molar-refractivity contribution in [3.05, 3.63) is 76.7 Å². The number of aryl methyl sites for hydroxylation is 1. The molecule has 0 aromatic heterocycles. The molecule has 1 fully saturated rings. The molecule has 2 aromatic rings. The van der Waals surface area contributed by atoms with Gasteiger partial charge in [0.2, 0.25) is 0 Å². The Labute approximate surface area is 171 Å². The molecule has 0 spiro atoms. The molecule has 0 saturated heterocycles. The number of hydrogen-bond donors (Lipinski definition) is 0. The molecule has 0 amide bonds. The van der Waals surface area contributed by atoms with Crippen molar-refractivity contribution in [2.75, 3.05) is 0 Å². The first-order valence-electron chi connectivity index (χ1n) is 8.37. The predicted molar refractivity (Wildman–Crippen MR) is 104 cm³/mol. The van der Waals surface area contributed by atoms with Gasteiger partial charge >= 0.3 is 27.0 Å². The smallest absolute Gasteiger partial charge is 0.0623 e. The second-order valence-corrected chi connectivity index (χ2v) is 7.64. The van der Waals surface area contributed by atoms with Crippen LogP contribution in [-0.2, 0) is 27.3 Å². The summed E-state index contributed by atoms with van der Waals surface area (Å²) in [6.07, 6.45) is 3.43. The molecule has 4 nitrogen and oxygen atoms in total. The van der Waals surface area contributed by atoms with Crippen molar-refractivity contribution in [2.24, 2.45) is 0 Å². The molecule has 0 unspecified atom stereocenters. The Hall–Kier alpha value is -0.777. The zero-order valence-electron chi connectivity index (χ0n) is 14.7. The van der Waals surface area contributed by atoms with Crippen molar-refractivity contribution in [3.8, 4) is 0 Å². The molecular formula is C19H24ClN2O2RuS. The van der Waals surface area contributed by atoms with Gasteiger partial charge in [0.1, 0.15) is 10.0 Å². The Morgan fingerprint density at radius 1 is 0.962 bits per heavy atom. The number of benzene rings is 2. The maximum Gasteiger partial charge on any atom is -0.0623 e. The fourth-order valence-corrected chi connectivity index (χ4v) is 3.78. The monoisotopic (exact) mass is 481 g/mol. The first kappa shape index (κ1) is 23.3. The second-order valence-electron chi connectivity index (χ2n) is 6.01. The number of halogens is 1. The van der Waals surface area contributed by atoms with Crippen LogP contribution >= 0.6 is 9.69 Å². The third-order valence-corrected chi connectivity index (χ3v) is 5.41. The van der Waals surface area contributed by atoms with Crippen LogP contribution in [0, 0.1) is 6.92 Å². The molecule has 0 radical (unpaired) electrons. The third kappa shape index (κ3) is 8.28. The second kappa shape index (κ2) is 12.6. The minimum Gasteiger partial charge on any atom is -0.0623 e. The van der Waals surface area contributed by atoms with Crippen LogP contribution in [0.3, 0.4) is 0 Å². The topological polar surface area (TPSA) is 72.0 Å². The number of nitrogens with zero attached hydrogens (tertiary/aromatic N) is 1. The van der Waals surface area contributed by atoms with Crippen LogP contribution in [0.1, 0.15) is 31.2 Å². The average Bonchev–Trinajstić information content (AvgIpc) is 2.67. The van der Waals surface area contributed by atoms with E-state index in [0.29, 0.717) is 6.42 Å². The van der Waals surface area contributed by atoms with Crippen molar-refractivity contribution in [2.45, 2.75) is 49.6 Å². The zero-order valence-corrected chi connectivity index (χ0v) is 18.0. The fourth-order valence-electron chi connectivity index (χ4n) is 2.57. The summed E-state index contributed by atoms with van der Waals surface area (Å²) in [6.45, 7) is 1.91. The predicted octanol–water partition coefficient (Wildman–Crippen LogP) is 5.79. The molecule has 1 saturated carbocycles. The largest absolute Gasteiger partial charge is 0.0623 e. The van der Waals surface area contributed by atoms with Crippen LogP contribution in [0.4, 0.5) is 0 Å². The summed E-state index contributed by atoms with van der Waals surface area (Å²) in [4.78, 5) is 0.228. The molecule has 1 N–H and O–H groups in total. The average molecular weight is 481 g/mol. The van der Waals surface area contributed by atoms with Crippen molar-refractivity contribution >= 4 is 19.7 Å². The standard InChI is InChI=1S/C13H18N2O2S.C6H6.ClH.Ru/c1-10-6-8-11(9-7-10)18(16,17)15-13-5-3-2-4-12(13)14;1-2-4-6-5-3-1;;/h6-9,12-14H,2-5H2,1H3;1-6H;1H;/q-2;;;+3/p-1/t12-,13-;;;/m1.../s1. The normalized spacial score (nSPS) is 19.3. The molecule has 7 heteroatoms. The van der Waals surface area contributed by atoms with Crippen LogP contribution < -0.4 is 0 Å². The Kier molecular flexibility index (Phi) is 11.3. The van der Waals surface area contributed by atoms with Gasteiger partial charge in [0.25, 0.3) is 0 Å². The maximum atomic E-state index is 12.1. The van der Waals surface area contributed by atoms with Crippen LogP contribution in [-0.4, -0.2) is 20.5 Å². The first-order valence-corrected chi connectivity index (χ1v) is 12.0. The summed E-state index contributed by atoms with van der Waals surface area (Å²) >= 11 is 1.82. The van der Waals surface area contributed by atoms with Gasteiger partial charge in [0.15, 0.2) is 0 Å². The fraction of sp³-hybridized carbons (Fsp3) is 0.368. The van der Waals surface area contributed by atoms with Crippen LogP contribution in [0.25, 0.3) is 10.5 Å². The van der Waals surface area contributed by atoms with Gasteiger partial charge < -0.3 is 10.5 Å². The Morgan fingerprint density at radius 3 is 1.88 bits per heavy atom. The van der Waals surface area contributed by atoms with E-state index in [2.05, 4.69) is 14.4 Å². The van der Waals surface area contributed by atoms with E-state index in [1.807, 2.05) is 60.6 Å². The SMILES string of the molecule is Cc1ccc(S(=O)(=O)[N-][C@@H]2CCCC[C@H]2[NH-])cc1.[Cl][Ru+2].c1ccccc1. The summed E-state index contributed by atoms with van der Waals surface area (Å²) in [7, 11) is 0.964. The van der Waals surface area contributed by atoms with Gasteiger partial charge in [-0.05, 0) is 19.1 Å². The molecule has 0 aliphatic heterocycles. The molecular weight excluding hydrogens is 457 g/mol. The van der Waals surface area contributed by atoms with Gasteiger partial charge in [-0.15, -0.1) is 6.04 Å². The minimum atomic E-state index is -3.60. The van der Waals surface area contributed by atoms with E-state index in [1.54, 1.807) is 24.3 Å². The summed E-state index contributed by atoms with van der Waals surface area (Å²) in [6, 6.07) is 17.9. The number of rotatable bonds is 3. The van der Waals surface area contributed by atoms with Crippen molar-refractivity contribution in [3.63, 3.8) is 0 Å². The van der Waals surface area contributed by atoms with Gasteiger partial charge in [0, 0.05) is 4.90 Å². The molecule has 2 aromatic carbocycles. The van der Waals surface area contributed by atoms with E-state index in [1.165, 1.54) is 0 Å². The summed E-state index contributed by atoms with van der Waals surface area (Å²) in [5.41, 5.74) is 8.87. The van der Waals surface area contributed by atoms with E-state index in [-0.39, 0.29) is 17.0 Å².